The van der Waals surface area contributed by atoms with Crippen molar-refractivity contribution in [3.05, 3.63) is 0 Å². The molecule has 0 aromatic carbocycles. The number of unbranched alkanes of at least 4 members (excludes halogenated alkanes) is 8. The first kappa shape index (κ1) is 30.9. The van der Waals surface area contributed by atoms with E-state index in [0.717, 1.165) is 11.8 Å². The molecule has 0 rings (SSSR count). The van der Waals surface area contributed by atoms with Crippen LogP contribution in [0, 0.1) is 11.8 Å². The van der Waals surface area contributed by atoms with E-state index in [9.17, 15) is 0 Å². The van der Waals surface area contributed by atoms with Crippen molar-refractivity contribution < 1.29 is 16.9 Å². The van der Waals surface area contributed by atoms with Crippen LogP contribution in [0.15, 0.2) is 0 Å². The standard InChI is InChI=1S/C22H48N.ClH.Pb/c1-21(2)17-13-9-7-11-15-19-23(5,6)20-16-12-8-10-14-18-22(3)4;;/h21-22H,7-20H2,1-6H3;1H;/q+1;;/p-1. The maximum Gasteiger partial charge on any atom is 0.0782 e. The molecule has 0 aliphatic carbocycles. The molecule has 0 aliphatic rings. The van der Waals surface area contributed by atoms with E-state index in [1.165, 1.54) is 94.6 Å². The third-order valence-corrected chi connectivity index (χ3v) is 5.09. The van der Waals surface area contributed by atoms with E-state index in [1.54, 1.807) is 0 Å². The van der Waals surface area contributed by atoms with Crippen molar-refractivity contribution >= 4 is 27.3 Å². The van der Waals surface area contributed by atoms with Gasteiger partial charge in [-0.3, -0.25) is 0 Å². The van der Waals surface area contributed by atoms with Gasteiger partial charge in [-0.25, -0.2) is 0 Å². The minimum Gasteiger partial charge on any atom is -1.00 e. The molecule has 0 atom stereocenters. The second-order valence-electron chi connectivity index (χ2n) is 9.28. The first-order chi connectivity index (χ1) is 10.8. The van der Waals surface area contributed by atoms with Crippen molar-refractivity contribution in [3.8, 4) is 0 Å². The van der Waals surface area contributed by atoms with Crippen LogP contribution < -0.4 is 12.4 Å². The van der Waals surface area contributed by atoms with Crippen LogP contribution in [0.4, 0.5) is 0 Å². The van der Waals surface area contributed by atoms with Crippen LogP contribution in [-0.2, 0) is 0 Å². The van der Waals surface area contributed by atoms with Gasteiger partial charge in [0.05, 0.1) is 27.2 Å². The summed E-state index contributed by atoms with van der Waals surface area (Å²) >= 11 is 0. The molecule has 0 aromatic rings. The van der Waals surface area contributed by atoms with Crippen molar-refractivity contribution in [3.63, 3.8) is 0 Å². The number of hydrogen-bond acceptors (Lipinski definition) is 0. The Labute approximate surface area is 187 Å². The fourth-order valence-corrected chi connectivity index (χ4v) is 3.36. The molecule has 0 fully saturated rings. The summed E-state index contributed by atoms with van der Waals surface area (Å²) < 4.78 is 1.23. The zero-order valence-electron chi connectivity index (χ0n) is 18.4. The molecule has 4 radical (unpaired) electrons. The maximum atomic E-state index is 2.43. The zero-order chi connectivity index (χ0) is 17.6. The van der Waals surface area contributed by atoms with Crippen LogP contribution in [0.25, 0.3) is 0 Å². The van der Waals surface area contributed by atoms with Crippen molar-refractivity contribution in [2.24, 2.45) is 11.8 Å². The molecule has 0 saturated heterocycles. The Bertz CT molecular complexity index is 230. The van der Waals surface area contributed by atoms with Gasteiger partial charge in [0.1, 0.15) is 0 Å². The van der Waals surface area contributed by atoms with Gasteiger partial charge in [-0.1, -0.05) is 79.1 Å². The van der Waals surface area contributed by atoms with E-state index >= 15 is 0 Å². The van der Waals surface area contributed by atoms with E-state index in [2.05, 4.69) is 41.8 Å². The van der Waals surface area contributed by atoms with E-state index in [4.69, 9.17) is 0 Å². The van der Waals surface area contributed by atoms with Crippen molar-refractivity contribution in [1.29, 1.82) is 0 Å². The topological polar surface area (TPSA) is 0 Å². The fraction of sp³-hybridized carbons (Fsp3) is 1.00. The summed E-state index contributed by atoms with van der Waals surface area (Å²) in [5, 5.41) is 0. The zero-order valence-corrected chi connectivity index (χ0v) is 23.0. The first-order valence-corrected chi connectivity index (χ1v) is 10.7. The van der Waals surface area contributed by atoms with Crippen molar-refractivity contribution in [2.45, 2.75) is 105 Å². The number of rotatable bonds is 16. The van der Waals surface area contributed by atoms with Crippen LogP contribution in [0.5, 0.6) is 0 Å². The minimum absolute atomic E-state index is 0. The normalized spacial score (nSPS) is 11.5. The Hall–Kier alpha value is 1.17. The van der Waals surface area contributed by atoms with Crippen LogP contribution in [0.1, 0.15) is 105 Å². The summed E-state index contributed by atoms with van der Waals surface area (Å²) in [5.74, 6) is 1.77. The maximum absolute atomic E-state index is 2.43. The second kappa shape index (κ2) is 19.9. The molecule has 0 unspecified atom stereocenters. The summed E-state index contributed by atoms with van der Waals surface area (Å²) in [5.41, 5.74) is 0. The van der Waals surface area contributed by atoms with E-state index in [1.807, 2.05) is 0 Å². The Morgan fingerprint density at radius 2 is 0.800 bits per heavy atom. The van der Waals surface area contributed by atoms with Crippen LogP contribution in [0.2, 0.25) is 0 Å². The van der Waals surface area contributed by atoms with E-state index in [0.29, 0.717) is 0 Å². The molecule has 25 heavy (non-hydrogen) atoms. The SMILES string of the molecule is CC(C)CCCCCCC[N+](C)(C)CCCCCCCC(C)C.[Cl-].[Pb]. The smallest absolute Gasteiger partial charge is 0.0782 e. The monoisotopic (exact) mass is 569 g/mol. The summed E-state index contributed by atoms with van der Waals surface area (Å²) in [6.07, 6.45) is 17.2. The molecule has 0 spiro atoms. The second-order valence-corrected chi connectivity index (χ2v) is 9.28. The molecule has 0 heterocycles. The van der Waals surface area contributed by atoms with Gasteiger partial charge in [0.15, 0.2) is 0 Å². The number of nitrogens with zero attached hydrogens (tertiary/aromatic N) is 1. The quantitative estimate of drug-likeness (QED) is 0.151. The average Bonchev–Trinajstić information content (AvgIpc) is 2.44. The molecule has 1 nitrogen and oxygen atoms in total. The Balaban J connectivity index is -0.00000242. The van der Waals surface area contributed by atoms with Gasteiger partial charge >= 0.3 is 0 Å². The van der Waals surface area contributed by atoms with Crippen molar-refractivity contribution in [1.82, 2.24) is 0 Å². The van der Waals surface area contributed by atoms with Gasteiger partial charge < -0.3 is 16.9 Å². The molecule has 152 valence electrons. The molecule has 3 heteroatoms. The van der Waals surface area contributed by atoms with Crippen molar-refractivity contribution in [2.75, 3.05) is 27.2 Å². The first-order valence-electron chi connectivity index (χ1n) is 10.7. The van der Waals surface area contributed by atoms with E-state index < -0.39 is 0 Å². The average molecular weight is 569 g/mol. The van der Waals surface area contributed by atoms with Gasteiger partial charge in [-0.2, -0.15) is 0 Å². The number of hydrogen-bond donors (Lipinski definition) is 0. The Morgan fingerprint density at radius 3 is 1.12 bits per heavy atom. The van der Waals surface area contributed by atoms with Crippen LogP contribution in [-0.4, -0.2) is 59.0 Å². The molecule has 0 aliphatic heterocycles. The Morgan fingerprint density at radius 1 is 0.520 bits per heavy atom. The predicted molar refractivity (Wildman–Crippen MR) is 113 cm³/mol. The molecule has 0 saturated carbocycles. The summed E-state index contributed by atoms with van der Waals surface area (Å²) in [7, 11) is 4.86. The van der Waals surface area contributed by atoms with Gasteiger partial charge in [0, 0.05) is 27.3 Å². The summed E-state index contributed by atoms with van der Waals surface area (Å²) in [4.78, 5) is 0. The van der Waals surface area contributed by atoms with Gasteiger partial charge in [0.25, 0.3) is 0 Å². The number of quaternary nitrogens is 1. The Kier molecular flexibility index (Phi) is 24.6. The van der Waals surface area contributed by atoms with E-state index in [-0.39, 0.29) is 39.7 Å². The molecular formula is C22H48ClNPb. The summed E-state index contributed by atoms with van der Waals surface area (Å²) in [6.45, 7) is 12.1. The number of halogens is 1. The summed E-state index contributed by atoms with van der Waals surface area (Å²) in [6, 6.07) is 0. The third-order valence-electron chi connectivity index (χ3n) is 5.09. The molecule has 0 N–H and O–H groups in total. The largest absolute Gasteiger partial charge is 1.00 e. The molecule has 0 aromatic heterocycles. The third kappa shape index (κ3) is 25.2. The van der Waals surface area contributed by atoms with Crippen LogP contribution >= 0.6 is 0 Å². The van der Waals surface area contributed by atoms with Gasteiger partial charge in [-0.05, 0) is 37.5 Å². The molecule has 0 bridgehead atoms. The van der Waals surface area contributed by atoms with Crippen LogP contribution in [0.3, 0.4) is 0 Å². The molecular weight excluding hydrogens is 521 g/mol. The fourth-order valence-electron chi connectivity index (χ4n) is 3.36. The van der Waals surface area contributed by atoms with Gasteiger partial charge in [-0.15, -0.1) is 0 Å². The predicted octanol–water partition coefficient (Wildman–Crippen LogP) is 3.68. The minimum atomic E-state index is 0. The van der Waals surface area contributed by atoms with Gasteiger partial charge in [0.2, 0.25) is 0 Å². The molecule has 0 amide bonds.